The van der Waals surface area contributed by atoms with Crippen LogP contribution in [-0.4, -0.2) is 10.9 Å². The lowest BCUT2D eigenvalue weighted by molar-refractivity contribution is 0.0950. The summed E-state index contributed by atoms with van der Waals surface area (Å²) in [4.78, 5) is 15.9. The van der Waals surface area contributed by atoms with Gasteiger partial charge in [-0.1, -0.05) is 12.1 Å². The average Bonchev–Trinajstić information content (AvgIpc) is 2.37. The van der Waals surface area contributed by atoms with Gasteiger partial charge in [0.05, 0.1) is 12.2 Å². The Morgan fingerprint density at radius 1 is 1.33 bits per heavy atom. The Bertz CT molecular complexity index is 569. The van der Waals surface area contributed by atoms with Crippen molar-refractivity contribution in [3.63, 3.8) is 0 Å². The first-order valence-electron chi connectivity index (χ1n) is 5.61. The van der Waals surface area contributed by atoms with Gasteiger partial charge in [0, 0.05) is 11.8 Å². The number of aromatic nitrogens is 1. The molecule has 0 spiro atoms. The minimum Gasteiger partial charge on any atom is -0.346 e. The van der Waals surface area contributed by atoms with Crippen molar-refractivity contribution in [1.29, 1.82) is 0 Å². The van der Waals surface area contributed by atoms with E-state index in [9.17, 15) is 9.18 Å². The normalized spacial score (nSPS) is 10.1. The standard InChI is InChI=1S/C14H13FN2O/c1-10-4-3-7-16-13(10)9-17-14(18)11-5-2-6-12(15)8-11/h2-8H,9H2,1H3,(H,17,18). The van der Waals surface area contributed by atoms with Crippen molar-refractivity contribution in [2.45, 2.75) is 13.5 Å². The Balaban J connectivity index is 2.03. The van der Waals surface area contributed by atoms with Crippen molar-refractivity contribution in [3.8, 4) is 0 Å². The smallest absolute Gasteiger partial charge is 0.251 e. The number of halogens is 1. The maximum Gasteiger partial charge on any atom is 0.251 e. The summed E-state index contributed by atoms with van der Waals surface area (Å²) >= 11 is 0. The minimum atomic E-state index is -0.420. The van der Waals surface area contributed by atoms with E-state index in [1.807, 2.05) is 19.1 Å². The lowest BCUT2D eigenvalue weighted by atomic mass is 10.2. The molecule has 1 N–H and O–H groups in total. The van der Waals surface area contributed by atoms with Crippen LogP contribution in [0.5, 0.6) is 0 Å². The topological polar surface area (TPSA) is 42.0 Å². The highest BCUT2D eigenvalue weighted by Crippen LogP contribution is 2.05. The Labute approximate surface area is 105 Å². The van der Waals surface area contributed by atoms with E-state index < -0.39 is 5.82 Å². The van der Waals surface area contributed by atoms with E-state index in [1.165, 1.54) is 18.2 Å². The quantitative estimate of drug-likeness (QED) is 0.901. The van der Waals surface area contributed by atoms with Gasteiger partial charge in [-0.15, -0.1) is 0 Å². The van der Waals surface area contributed by atoms with Crippen molar-refractivity contribution in [1.82, 2.24) is 10.3 Å². The fraction of sp³-hybridized carbons (Fsp3) is 0.143. The van der Waals surface area contributed by atoms with E-state index in [0.29, 0.717) is 12.1 Å². The van der Waals surface area contributed by atoms with Crippen molar-refractivity contribution < 1.29 is 9.18 Å². The molecule has 0 aliphatic rings. The summed E-state index contributed by atoms with van der Waals surface area (Å²) in [6.07, 6.45) is 1.68. The maximum absolute atomic E-state index is 13.0. The molecule has 2 aromatic rings. The molecule has 0 aliphatic carbocycles. The zero-order valence-corrected chi connectivity index (χ0v) is 9.98. The highest BCUT2D eigenvalue weighted by atomic mass is 19.1. The van der Waals surface area contributed by atoms with Gasteiger partial charge in [-0.25, -0.2) is 4.39 Å². The van der Waals surface area contributed by atoms with Gasteiger partial charge in [0.2, 0.25) is 0 Å². The summed E-state index contributed by atoms with van der Waals surface area (Å²) in [5, 5.41) is 2.72. The van der Waals surface area contributed by atoms with Crippen molar-refractivity contribution in [2.75, 3.05) is 0 Å². The van der Waals surface area contributed by atoms with Crippen LogP contribution in [0.2, 0.25) is 0 Å². The molecular weight excluding hydrogens is 231 g/mol. The molecule has 92 valence electrons. The molecule has 1 aromatic carbocycles. The molecular formula is C14H13FN2O. The largest absolute Gasteiger partial charge is 0.346 e. The van der Waals surface area contributed by atoms with Gasteiger partial charge in [0.1, 0.15) is 5.82 Å². The predicted octanol–water partition coefficient (Wildman–Crippen LogP) is 2.46. The number of rotatable bonds is 3. The molecule has 3 nitrogen and oxygen atoms in total. The Morgan fingerprint density at radius 2 is 2.17 bits per heavy atom. The van der Waals surface area contributed by atoms with Gasteiger partial charge >= 0.3 is 0 Å². The van der Waals surface area contributed by atoms with Crippen LogP contribution in [0.15, 0.2) is 42.6 Å². The SMILES string of the molecule is Cc1cccnc1CNC(=O)c1cccc(F)c1. The van der Waals surface area contributed by atoms with Crippen LogP contribution in [0.25, 0.3) is 0 Å². The number of aryl methyl sites for hydroxylation is 1. The number of nitrogens with one attached hydrogen (secondary N) is 1. The third-order valence-corrected chi connectivity index (χ3v) is 2.62. The molecule has 0 saturated carbocycles. The molecule has 0 radical (unpaired) electrons. The highest BCUT2D eigenvalue weighted by molar-refractivity contribution is 5.94. The zero-order valence-electron chi connectivity index (χ0n) is 9.98. The van der Waals surface area contributed by atoms with E-state index >= 15 is 0 Å². The lowest BCUT2D eigenvalue weighted by Crippen LogP contribution is -2.23. The first kappa shape index (κ1) is 12.2. The lowest BCUT2D eigenvalue weighted by Gasteiger charge is -2.06. The number of pyridine rings is 1. The first-order valence-corrected chi connectivity index (χ1v) is 5.61. The molecule has 1 amide bonds. The molecule has 0 aliphatic heterocycles. The van der Waals surface area contributed by atoms with E-state index in [1.54, 1.807) is 12.3 Å². The van der Waals surface area contributed by atoms with E-state index in [0.717, 1.165) is 11.3 Å². The third kappa shape index (κ3) is 2.91. The van der Waals surface area contributed by atoms with Crippen LogP contribution < -0.4 is 5.32 Å². The zero-order chi connectivity index (χ0) is 13.0. The molecule has 0 fully saturated rings. The number of carbonyl (C=O) groups is 1. The number of hydrogen-bond acceptors (Lipinski definition) is 2. The molecule has 1 aromatic heterocycles. The summed E-state index contributed by atoms with van der Waals surface area (Å²) in [5.41, 5.74) is 2.13. The third-order valence-electron chi connectivity index (χ3n) is 2.62. The molecule has 18 heavy (non-hydrogen) atoms. The summed E-state index contributed by atoms with van der Waals surface area (Å²) in [7, 11) is 0. The number of amides is 1. The molecule has 1 heterocycles. The van der Waals surface area contributed by atoms with Crippen LogP contribution in [0.3, 0.4) is 0 Å². The molecule has 0 saturated heterocycles. The van der Waals surface area contributed by atoms with Crippen LogP contribution >= 0.6 is 0 Å². The van der Waals surface area contributed by atoms with E-state index in [4.69, 9.17) is 0 Å². The maximum atomic E-state index is 13.0. The summed E-state index contributed by atoms with van der Waals surface area (Å²) in [6.45, 7) is 2.26. The molecule has 0 unspecified atom stereocenters. The number of benzene rings is 1. The summed E-state index contributed by atoms with van der Waals surface area (Å²) < 4.78 is 13.0. The van der Waals surface area contributed by atoms with Gasteiger partial charge in [0.15, 0.2) is 0 Å². The van der Waals surface area contributed by atoms with Crippen molar-refractivity contribution in [2.24, 2.45) is 0 Å². The predicted molar refractivity (Wildman–Crippen MR) is 66.5 cm³/mol. The number of nitrogens with zero attached hydrogens (tertiary/aromatic N) is 1. The van der Waals surface area contributed by atoms with E-state index in [2.05, 4.69) is 10.3 Å². The van der Waals surface area contributed by atoms with Gasteiger partial charge in [0.25, 0.3) is 5.91 Å². The van der Waals surface area contributed by atoms with Crippen LogP contribution in [0, 0.1) is 12.7 Å². The van der Waals surface area contributed by atoms with Gasteiger partial charge in [-0.2, -0.15) is 0 Å². The van der Waals surface area contributed by atoms with E-state index in [-0.39, 0.29) is 5.91 Å². The number of carbonyl (C=O) groups excluding carboxylic acids is 1. The van der Waals surface area contributed by atoms with Gasteiger partial charge < -0.3 is 5.32 Å². The second kappa shape index (κ2) is 5.40. The van der Waals surface area contributed by atoms with Crippen molar-refractivity contribution in [3.05, 3.63) is 65.2 Å². The molecule has 4 heteroatoms. The van der Waals surface area contributed by atoms with Crippen LogP contribution in [-0.2, 0) is 6.54 Å². The fourth-order valence-electron chi connectivity index (χ4n) is 1.60. The number of hydrogen-bond donors (Lipinski definition) is 1. The second-order valence-corrected chi connectivity index (χ2v) is 3.96. The van der Waals surface area contributed by atoms with Crippen LogP contribution in [0.1, 0.15) is 21.6 Å². The molecule has 2 rings (SSSR count). The Kier molecular flexibility index (Phi) is 3.67. The second-order valence-electron chi connectivity index (χ2n) is 3.96. The van der Waals surface area contributed by atoms with Gasteiger partial charge in [-0.05, 0) is 36.8 Å². The Morgan fingerprint density at radius 3 is 2.89 bits per heavy atom. The average molecular weight is 244 g/mol. The molecule has 0 bridgehead atoms. The van der Waals surface area contributed by atoms with Gasteiger partial charge in [-0.3, -0.25) is 9.78 Å². The molecule has 0 atom stereocenters. The summed E-state index contributed by atoms with van der Waals surface area (Å²) in [6, 6.07) is 9.37. The highest BCUT2D eigenvalue weighted by Gasteiger charge is 2.07. The Hall–Kier alpha value is -2.23. The van der Waals surface area contributed by atoms with Crippen LogP contribution in [0.4, 0.5) is 4.39 Å². The van der Waals surface area contributed by atoms with Crippen molar-refractivity contribution >= 4 is 5.91 Å². The summed E-state index contributed by atoms with van der Waals surface area (Å²) in [5.74, 6) is -0.726. The minimum absolute atomic E-state index is 0.306. The first-order chi connectivity index (χ1) is 8.66. The fourth-order valence-corrected chi connectivity index (χ4v) is 1.60. The monoisotopic (exact) mass is 244 g/mol.